The summed E-state index contributed by atoms with van der Waals surface area (Å²) in [6.07, 6.45) is -4.45. The Morgan fingerprint density at radius 2 is 1.66 bits per heavy atom. The van der Waals surface area contributed by atoms with Crippen molar-refractivity contribution in [1.82, 2.24) is 0 Å². The van der Waals surface area contributed by atoms with E-state index in [9.17, 15) is 15.3 Å². The number of aliphatic hydroxyl groups is 3. The predicted octanol–water partition coefficient (Wildman–Crippen LogP) is 4.32. The molecule has 166 valence electrons. The summed E-state index contributed by atoms with van der Waals surface area (Å²) in [5, 5.41) is 34.6. The third-order valence-corrected chi connectivity index (χ3v) is 6.43. The van der Waals surface area contributed by atoms with Gasteiger partial charge in [0.05, 0.1) is 17.5 Å². The van der Waals surface area contributed by atoms with Gasteiger partial charge in [-0.1, -0.05) is 41.9 Å². The third-order valence-electron chi connectivity index (χ3n) is 6.07. The van der Waals surface area contributed by atoms with Crippen LogP contribution in [-0.2, 0) is 11.2 Å². The largest absolute Gasteiger partial charge is 0.453 e. The third kappa shape index (κ3) is 3.85. The first-order chi connectivity index (χ1) is 15.4. The van der Waals surface area contributed by atoms with E-state index in [2.05, 4.69) is 5.32 Å². The maximum atomic E-state index is 10.5. The second kappa shape index (κ2) is 8.39. The van der Waals surface area contributed by atoms with Crippen molar-refractivity contribution < 1.29 is 24.8 Å². The predicted molar refractivity (Wildman–Crippen MR) is 122 cm³/mol. The smallest absolute Gasteiger partial charge is 0.150 e. The molecule has 0 aromatic heterocycles. The molecule has 6 nitrogen and oxygen atoms in total. The van der Waals surface area contributed by atoms with Crippen LogP contribution in [0.3, 0.4) is 0 Å². The summed E-state index contributed by atoms with van der Waals surface area (Å²) in [5.41, 5.74) is 4.39. The lowest BCUT2D eigenvalue weighted by atomic mass is 9.90. The van der Waals surface area contributed by atoms with E-state index in [1.165, 1.54) is 0 Å². The van der Waals surface area contributed by atoms with Crippen LogP contribution in [0, 0.1) is 0 Å². The molecule has 0 radical (unpaired) electrons. The number of rotatable bonds is 3. The van der Waals surface area contributed by atoms with Gasteiger partial charge in [-0.15, -0.1) is 0 Å². The highest BCUT2D eigenvalue weighted by atomic mass is 35.5. The normalized spacial score (nSPS) is 26.5. The van der Waals surface area contributed by atoms with E-state index in [0.29, 0.717) is 17.0 Å². The molecule has 7 heteroatoms. The Bertz CT molecular complexity index is 1150. The molecule has 0 saturated carbocycles. The standard InChI is InChI=1S/C25H24ClNO5/c1-13-22(28)23(29)24(30)25(31-13)15-7-8-17(26)16(12-15)10-14-6-9-21-19(11-14)27-18-4-2-3-5-20(18)32-21/h2-9,11-13,22-25,27-30H,10H2,1H3. The number of anilines is 2. The molecular formula is C25H24ClNO5. The number of nitrogens with one attached hydrogen (secondary N) is 1. The molecule has 0 amide bonds. The van der Waals surface area contributed by atoms with Gasteiger partial charge in [0.1, 0.15) is 24.4 Å². The Hall–Kier alpha value is -2.61. The van der Waals surface area contributed by atoms with E-state index in [4.69, 9.17) is 21.1 Å². The van der Waals surface area contributed by atoms with Gasteiger partial charge in [-0.05, 0) is 60.4 Å². The minimum absolute atomic E-state index is 0.562. The molecule has 1 fully saturated rings. The molecule has 2 aliphatic heterocycles. The summed E-state index contributed by atoms with van der Waals surface area (Å²) in [7, 11) is 0. The molecule has 32 heavy (non-hydrogen) atoms. The number of halogens is 1. The number of hydrogen-bond acceptors (Lipinski definition) is 6. The van der Waals surface area contributed by atoms with Crippen molar-refractivity contribution in [2.45, 2.75) is 43.9 Å². The summed E-state index contributed by atoms with van der Waals surface area (Å²) in [6.45, 7) is 1.67. The van der Waals surface area contributed by atoms with E-state index >= 15 is 0 Å². The van der Waals surface area contributed by atoms with Crippen LogP contribution in [0.2, 0.25) is 5.02 Å². The van der Waals surface area contributed by atoms with Gasteiger partial charge in [0.25, 0.3) is 0 Å². The zero-order valence-corrected chi connectivity index (χ0v) is 18.2. The van der Waals surface area contributed by atoms with E-state index in [0.717, 1.165) is 34.0 Å². The fourth-order valence-corrected chi connectivity index (χ4v) is 4.43. The van der Waals surface area contributed by atoms with Gasteiger partial charge in [0.2, 0.25) is 0 Å². The average Bonchev–Trinajstić information content (AvgIpc) is 2.80. The number of ether oxygens (including phenoxy) is 2. The van der Waals surface area contributed by atoms with E-state index in [1.807, 2.05) is 48.5 Å². The van der Waals surface area contributed by atoms with Crippen LogP contribution in [0.15, 0.2) is 60.7 Å². The van der Waals surface area contributed by atoms with Crippen molar-refractivity contribution in [1.29, 1.82) is 0 Å². The molecule has 5 unspecified atom stereocenters. The molecule has 2 heterocycles. The molecule has 0 aliphatic carbocycles. The van der Waals surface area contributed by atoms with Gasteiger partial charge < -0.3 is 30.1 Å². The molecular weight excluding hydrogens is 430 g/mol. The van der Waals surface area contributed by atoms with Crippen molar-refractivity contribution in [3.63, 3.8) is 0 Å². The fraction of sp³-hybridized carbons (Fsp3) is 0.280. The van der Waals surface area contributed by atoms with Crippen molar-refractivity contribution in [2.75, 3.05) is 5.32 Å². The maximum Gasteiger partial charge on any atom is 0.150 e. The lowest BCUT2D eigenvalue weighted by Gasteiger charge is -2.39. The molecule has 0 spiro atoms. The van der Waals surface area contributed by atoms with Crippen molar-refractivity contribution in [3.8, 4) is 11.5 Å². The molecule has 3 aromatic rings. The summed E-state index contributed by atoms with van der Waals surface area (Å²) < 4.78 is 11.8. The molecule has 5 atom stereocenters. The summed E-state index contributed by atoms with van der Waals surface area (Å²) >= 11 is 6.48. The summed E-state index contributed by atoms with van der Waals surface area (Å²) in [5.74, 6) is 1.55. The quantitative estimate of drug-likeness (QED) is 0.369. The van der Waals surface area contributed by atoms with Crippen LogP contribution in [0.4, 0.5) is 11.4 Å². The number of para-hydroxylation sites is 2. The van der Waals surface area contributed by atoms with E-state index < -0.39 is 30.5 Å². The Balaban J connectivity index is 1.40. The molecule has 4 N–H and O–H groups in total. The molecule has 1 saturated heterocycles. The minimum Gasteiger partial charge on any atom is -0.453 e. The summed E-state index contributed by atoms with van der Waals surface area (Å²) in [4.78, 5) is 0. The average molecular weight is 454 g/mol. The first-order valence-electron chi connectivity index (χ1n) is 10.6. The highest BCUT2D eigenvalue weighted by molar-refractivity contribution is 6.31. The Morgan fingerprint density at radius 3 is 2.50 bits per heavy atom. The van der Waals surface area contributed by atoms with Crippen LogP contribution in [-0.4, -0.2) is 39.7 Å². The SMILES string of the molecule is CC1OC(c2ccc(Cl)c(Cc3ccc4c(c3)Nc3ccccc3O4)c2)C(O)C(O)C1O. The monoisotopic (exact) mass is 453 g/mol. The zero-order valence-electron chi connectivity index (χ0n) is 17.4. The van der Waals surface area contributed by atoms with Gasteiger partial charge in [-0.2, -0.15) is 0 Å². The zero-order chi connectivity index (χ0) is 22.4. The fourth-order valence-electron chi connectivity index (χ4n) is 4.25. The van der Waals surface area contributed by atoms with Crippen LogP contribution in [0.1, 0.15) is 29.7 Å². The second-order valence-corrected chi connectivity index (χ2v) is 8.72. The van der Waals surface area contributed by atoms with Crippen molar-refractivity contribution >= 4 is 23.0 Å². The van der Waals surface area contributed by atoms with E-state index in [1.54, 1.807) is 19.1 Å². The number of fused-ring (bicyclic) bond motifs is 2. The number of benzene rings is 3. The van der Waals surface area contributed by atoms with Crippen LogP contribution in [0.5, 0.6) is 11.5 Å². The Morgan fingerprint density at radius 1 is 0.875 bits per heavy atom. The van der Waals surface area contributed by atoms with Gasteiger partial charge in [0, 0.05) is 5.02 Å². The van der Waals surface area contributed by atoms with Crippen LogP contribution in [0.25, 0.3) is 0 Å². The minimum atomic E-state index is -1.28. The number of aliphatic hydroxyl groups excluding tert-OH is 3. The highest BCUT2D eigenvalue weighted by Crippen LogP contribution is 2.42. The molecule has 2 aliphatic rings. The second-order valence-electron chi connectivity index (χ2n) is 8.31. The maximum absolute atomic E-state index is 10.5. The van der Waals surface area contributed by atoms with E-state index in [-0.39, 0.29) is 0 Å². The first-order valence-corrected chi connectivity index (χ1v) is 10.9. The molecule has 0 bridgehead atoms. The van der Waals surface area contributed by atoms with Crippen molar-refractivity contribution in [2.24, 2.45) is 0 Å². The first kappa shape index (κ1) is 21.2. The summed E-state index contributed by atoms with van der Waals surface area (Å²) in [6, 6.07) is 19.1. The van der Waals surface area contributed by atoms with Gasteiger partial charge in [-0.25, -0.2) is 0 Å². The number of hydrogen-bond donors (Lipinski definition) is 4. The molecule has 3 aromatic carbocycles. The van der Waals surface area contributed by atoms with Gasteiger partial charge in [0.15, 0.2) is 11.5 Å². The molecule has 5 rings (SSSR count). The topological polar surface area (TPSA) is 91.2 Å². The lowest BCUT2D eigenvalue weighted by molar-refractivity contribution is -0.219. The van der Waals surface area contributed by atoms with Crippen LogP contribution >= 0.6 is 11.6 Å². The van der Waals surface area contributed by atoms with Crippen LogP contribution < -0.4 is 10.1 Å². The highest BCUT2D eigenvalue weighted by Gasteiger charge is 2.42. The lowest BCUT2D eigenvalue weighted by Crippen LogP contribution is -2.53. The Labute approximate surface area is 191 Å². The van der Waals surface area contributed by atoms with Crippen molar-refractivity contribution in [3.05, 3.63) is 82.4 Å². The van der Waals surface area contributed by atoms with Gasteiger partial charge in [-0.3, -0.25) is 0 Å². The Kier molecular flexibility index (Phi) is 5.57. The van der Waals surface area contributed by atoms with Gasteiger partial charge >= 0.3 is 0 Å².